The molecular formula is C15H22N3O4+. The number of rotatable bonds is 6. The van der Waals surface area contributed by atoms with E-state index in [1.807, 2.05) is 20.8 Å². The summed E-state index contributed by atoms with van der Waals surface area (Å²) in [5, 5.41) is 18.3. The lowest BCUT2D eigenvalue weighted by molar-refractivity contribution is -0.133. The number of phenolic OH excluding ortho intramolecular Hbond substituents is 1. The van der Waals surface area contributed by atoms with Crippen molar-refractivity contribution < 1.29 is 24.8 Å². The highest BCUT2D eigenvalue weighted by atomic mass is 16.8. The SMILES string of the molecule is CC(C)(C)OC1OC1CNc1ccc(O)cc1C(=[NH2+])C(N)=O. The molecule has 1 amide bonds. The second-order valence-electron chi connectivity index (χ2n) is 6.16. The number of aromatic hydroxyl groups is 1. The van der Waals surface area contributed by atoms with Crippen LogP contribution in [0.3, 0.4) is 0 Å². The second kappa shape index (κ2) is 5.94. The Balaban J connectivity index is 1.99. The molecule has 0 radical (unpaired) electrons. The molecule has 7 nitrogen and oxygen atoms in total. The van der Waals surface area contributed by atoms with Crippen molar-refractivity contribution in [3.63, 3.8) is 0 Å². The molecule has 0 spiro atoms. The first-order valence-corrected chi connectivity index (χ1v) is 7.00. The molecule has 0 bridgehead atoms. The average Bonchev–Trinajstić information content (AvgIpc) is 3.12. The molecule has 1 heterocycles. The average molecular weight is 308 g/mol. The molecule has 1 aromatic carbocycles. The smallest absolute Gasteiger partial charge is 0.313 e. The molecule has 22 heavy (non-hydrogen) atoms. The van der Waals surface area contributed by atoms with E-state index in [4.69, 9.17) is 20.6 Å². The Morgan fingerprint density at radius 1 is 1.50 bits per heavy atom. The molecule has 2 rings (SSSR count). The lowest BCUT2D eigenvalue weighted by Gasteiger charge is -2.17. The van der Waals surface area contributed by atoms with Gasteiger partial charge in [0.05, 0.1) is 11.2 Å². The van der Waals surface area contributed by atoms with Crippen LogP contribution in [0.25, 0.3) is 0 Å². The molecule has 7 heteroatoms. The summed E-state index contributed by atoms with van der Waals surface area (Å²) in [5.41, 5.74) is 5.77. The fraction of sp³-hybridized carbons (Fsp3) is 0.467. The summed E-state index contributed by atoms with van der Waals surface area (Å²) in [6.07, 6.45) is -0.318. The number of nitrogens with one attached hydrogen (secondary N) is 1. The van der Waals surface area contributed by atoms with Gasteiger partial charge in [-0.05, 0) is 39.0 Å². The molecule has 2 unspecified atom stereocenters. The van der Waals surface area contributed by atoms with Crippen LogP contribution in [0.4, 0.5) is 5.69 Å². The fourth-order valence-electron chi connectivity index (χ4n) is 1.98. The van der Waals surface area contributed by atoms with Gasteiger partial charge in [-0.15, -0.1) is 0 Å². The summed E-state index contributed by atoms with van der Waals surface area (Å²) >= 11 is 0. The first-order valence-electron chi connectivity index (χ1n) is 7.00. The van der Waals surface area contributed by atoms with E-state index in [0.29, 0.717) is 17.8 Å². The topological polar surface area (TPSA) is 123 Å². The maximum atomic E-state index is 11.2. The molecule has 1 aliphatic rings. The Morgan fingerprint density at radius 3 is 2.77 bits per heavy atom. The molecule has 0 saturated carbocycles. The van der Waals surface area contributed by atoms with Crippen LogP contribution in [-0.2, 0) is 14.3 Å². The molecule has 0 aromatic heterocycles. The Kier molecular flexibility index (Phi) is 4.39. The van der Waals surface area contributed by atoms with Gasteiger partial charge in [-0.25, -0.2) is 5.41 Å². The quantitative estimate of drug-likeness (QED) is 0.317. The molecule has 1 saturated heterocycles. The molecule has 1 fully saturated rings. The van der Waals surface area contributed by atoms with Crippen LogP contribution in [0.2, 0.25) is 0 Å². The number of phenols is 1. The number of carbonyl (C=O) groups excluding carboxylic acids is 1. The summed E-state index contributed by atoms with van der Waals surface area (Å²) < 4.78 is 11.1. The highest BCUT2D eigenvalue weighted by Gasteiger charge is 2.42. The first kappa shape index (κ1) is 16.3. The van der Waals surface area contributed by atoms with Gasteiger partial charge in [0.1, 0.15) is 11.9 Å². The third-order valence-corrected chi connectivity index (χ3v) is 3.06. The van der Waals surface area contributed by atoms with Gasteiger partial charge in [0.15, 0.2) is 6.29 Å². The molecule has 1 aromatic rings. The van der Waals surface area contributed by atoms with Crippen molar-refractivity contribution in [2.24, 2.45) is 5.73 Å². The maximum absolute atomic E-state index is 11.2. The molecule has 6 N–H and O–H groups in total. The second-order valence-corrected chi connectivity index (χ2v) is 6.16. The van der Waals surface area contributed by atoms with Crippen LogP contribution in [-0.4, -0.2) is 41.3 Å². The minimum Gasteiger partial charge on any atom is -0.508 e. The zero-order valence-corrected chi connectivity index (χ0v) is 12.9. The van der Waals surface area contributed by atoms with Crippen molar-refractivity contribution in [2.45, 2.75) is 38.8 Å². The largest absolute Gasteiger partial charge is 0.508 e. The zero-order valence-electron chi connectivity index (χ0n) is 12.9. The van der Waals surface area contributed by atoms with E-state index in [9.17, 15) is 9.90 Å². The van der Waals surface area contributed by atoms with E-state index < -0.39 is 5.91 Å². The van der Waals surface area contributed by atoms with E-state index in [1.165, 1.54) is 12.1 Å². The minimum absolute atomic E-state index is 0.00126. The van der Waals surface area contributed by atoms with Crippen molar-refractivity contribution in [1.29, 1.82) is 0 Å². The monoisotopic (exact) mass is 308 g/mol. The number of hydrogen-bond donors (Lipinski definition) is 4. The summed E-state index contributed by atoms with van der Waals surface area (Å²) in [4.78, 5) is 11.2. The van der Waals surface area contributed by atoms with Crippen molar-refractivity contribution in [3.05, 3.63) is 23.8 Å². The van der Waals surface area contributed by atoms with E-state index in [1.54, 1.807) is 6.07 Å². The van der Waals surface area contributed by atoms with Crippen molar-refractivity contribution in [2.75, 3.05) is 11.9 Å². The minimum atomic E-state index is -0.745. The maximum Gasteiger partial charge on any atom is 0.313 e. The highest BCUT2D eigenvalue weighted by molar-refractivity contribution is 6.43. The standard InChI is InChI=1S/C15H21N3O4/c1-15(2,3)22-14-11(21-14)7-18-10-5-4-8(19)6-9(10)12(16)13(17)20/h4-6,11,14,16,18-19H,7H2,1-3H3,(H2,17,20)/p+1. The Bertz CT molecular complexity index is 595. The number of amides is 1. The number of hydrogen-bond acceptors (Lipinski definition) is 5. The lowest BCUT2D eigenvalue weighted by Crippen LogP contribution is -2.48. The zero-order chi connectivity index (χ0) is 16.5. The highest BCUT2D eigenvalue weighted by Crippen LogP contribution is 2.29. The van der Waals surface area contributed by atoms with Crippen LogP contribution in [0.1, 0.15) is 26.3 Å². The van der Waals surface area contributed by atoms with Crippen molar-refractivity contribution in [1.82, 2.24) is 0 Å². The van der Waals surface area contributed by atoms with Crippen LogP contribution in [0.15, 0.2) is 18.2 Å². The number of benzene rings is 1. The van der Waals surface area contributed by atoms with Gasteiger partial charge in [0, 0.05) is 12.2 Å². The van der Waals surface area contributed by atoms with Crippen LogP contribution >= 0.6 is 0 Å². The normalized spacial score (nSPS) is 20.5. The first-order chi connectivity index (χ1) is 10.2. The molecule has 0 aliphatic carbocycles. The lowest BCUT2D eigenvalue weighted by atomic mass is 10.1. The number of carbonyl (C=O) groups is 1. The number of anilines is 1. The summed E-state index contributed by atoms with van der Waals surface area (Å²) in [6.45, 7) is 6.36. The number of nitrogens with two attached hydrogens (primary N) is 2. The number of ether oxygens (including phenoxy) is 2. The Hall–Kier alpha value is -2.12. The van der Waals surface area contributed by atoms with Gasteiger partial charge in [-0.1, -0.05) is 0 Å². The fourth-order valence-corrected chi connectivity index (χ4v) is 1.98. The predicted octanol–water partition coefficient (Wildman–Crippen LogP) is -0.622. The van der Waals surface area contributed by atoms with E-state index in [0.717, 1.165) is 0 Å². The van der Waals surface area contributed by atoms with Crippen LogP contribution in [0.5, 0.6) is 5.75 Å². The number of primary amides is 1. The van der Waals surface area contributed by atoms with Crippen LogP contribution < -0.4 is 16.5 Å². The summed E-state index contributed by atoms with van der Waals surface area (Å²) in [7, 11) is 0. The van der Waals surface area contributed by atoms with Crippen molar-refractivity contribution in [3.8, 4) is 5.75 Å². The summed E-state index contributed by atoms with van der Waals surface area (Å²) in [5.74, 6) is -0.744. The van der Waals surface area contributed by atoms with Gasteiger partial charge in [-0.3, -0.25) is 4.79 Å². The van der Waals surface area contributed by atoms with E-state index >= 15 is 0 Å². The molecule has 2 atom stereocenters. The summed E-state index contributed by atoms with van der Waals surface area (Å²) in [6, 6.07) is 4.51. The van der Waals surface area contributed by atoms with Gasteiger partial charge in [0.25, 0.3) is 5.71 Å². The van der Waals surface area contributed by atoms with E-state index in [-0.39, 0.29) is 29.5 Å². The van der Waals surface area contributed by atoms with Gasteiger partial charge in [0.2, 0.25) is 0 Å². The van der Waals surface area contributed by atoms with E-state index in [2.05, 4.69) is 5.32 Å². The molecule has 120 valence electrons. The molecular weight excluding hydrogens is 286 g/mol. The Labute approximate surface area is 128 Å². The number of epoxide rings is 1. The van der Waals surface area contributed by atoms with Gasteiger partial charge < -0.3 is 25.6 Å². The van der Waals surface area contributed by atoms with Gasteiger partial charge in [-0.2, -0.15) is 0 Å². The molecule has 1 aliphatic heterocycles. The van der Waals surface area contributed by atoms with Crippen LogP contribution in [0, 0.1) is 0 Å². The Morgan fingerprint density at radius 2 is 2.18 bits per heavy atom. The predicted molar refractivity (Wildman–Crippen MR) is 81.3 cm³/mol. The third kappa shape index (κ3) is 4.19. The van der Waals surface area contributed by atoms with Crippen molar-refractivity contribution >= 4 is 17.3 Å². The van der Waals surface area contributed by atoms with Gasteiger partial charge >= 0.3 is 5.91 Å². The third-order valence-electron chi connectivity index (χ3n) is 3.06.